The van der Waals surface area contributed by atoms with E-state index in [1.54, 1.807) is 11.3 Å². The van der Waals surface area contributed by atoms with Gasteiger partial charge in [-0.05, 0) is 49.4 Å². The summed E-state index contributed by atoms with van der Waals surface area (Å²) in [6.45, 7) is 2.02. The van der Waals surface area contributed by atoms with Gasteiger partial charge in [-0.2, -0.15) is 0 Å². The molecule has 1 heterocycles. The maximum atomic E-state index is 6.14. The number of rotatable bonds is 3. The minimum atomic E-state index is 0.0919. The molecule has 2 aromatic rings. The molecule has 1 nitrogen and oxygen atoms in total. The van der Waals surface area contributed by atoms with Crippen LogP contribution in [-0.2, 0) is 0 Å². The van der Waals surface area contributed by atoms with E-state index in [9.17, 15) is 0 Å². The largest absolute Gasteiger partial charge is 0.309 e. The van der Waals surface area contributed by atoms with Gasteiger partial charge >= 0.3 is 0 Å². The van der Waals surface area contributed by atoms with Crippen molar-refractivity contribution in [2.75, 3.05) is 7.05 Å². The molecule has 2 rings (SSSR count). The lowest BCUT2D eigenvalue weighted by Gasteiger charge is -2.17. The number of halogens is 3. The van der Waals surface area contributed by atoms with E-state index in [1.165, 1.54) is 4.88 Å². The highest BCUT2D eigenvalue weighted by Crippen LogP contribution is 2.37. The molecular formula is C13H12BrCl2NS. The molecule has 0 saturated carbocycles. The minimum absolute atomic E-state index is 0.0919. The van der Waals surface area contributed by atoms with Crippen LogP contribution in [0.2, 0.25) is 9.36 Å². The van der Waals surface area contributed by atoms with Crippen molar-refractivity contribution in [3.63, 3.8) is 0 Å². The van der Waals surface area contributed by atoms with Crippen LogP contribution >= 0.6 is 50.5 Å². The Morgan fingerprint density at radius 3 is 2.56 bits per heavy atom. The van der Waals surface area contributed by atoms with Crippen molar-refractivity contribution in [1.29, 1.82) is 0 Å². The van der Waals surface area contributed by atoms with E-state index in [1.807, 2.05) is 32.2 Å². The quantitative estimate of drug-likeness (QED) is 0.765. The average molecular weight is 365 g/mol. The molecule has 0 aliphatic rings. The first-order valence-electron chi connectivity index (χ1n) is 5.41. The van der Waals surface area contributed by atoms with E-state index in [0.717, 1.165) is 25.0 Å². The molecule has 18 heavy (non-hydrogen) atoms. The Kier molecular flexibility index (Phi) is 4.73. The van der Waals surface area contributed by atoms with E-state index < -0.39 is 0 Å². The highest BCUT2D eigenvalue weighted by Gasteiger charge is 2.18. The molecule has 96 valence electrons. The van der Waals surface area contributed by atoms with Gasteiger partial charge in [0.25, 0.3) is 0 Å². The van der Waals surface area contributed by atoms with Gasteiger partial charge in [-0.15, -0.1) is 11.3 Å². The number of aryl methyl sites for hydroxylation is 1. The Hall–Kier alpha value is -0.0600. The Bertz CT molecular complexity index is 549. The summed E-state index contributed by atoms with van der Waals surface area (Å²) < 4.78 is 1.87. The normalized spacial score (nSPS) is 12.7. The Balaban J connectivity index is 2.48. The first kappa shape index (κ1) is 14.4. The summed E-state index contributed by atoms with van der Waals surface area (Å²) in [5.41, 5.74) is 2.22. The van der Waals surface area contributed by atoms with Crippen molar-refractivity contribution in [1.82, 2.24) is 5.32 Å². The van der Waals surface area contributed by atoms with Gasteiger partial charge in [0.1, 0.15) is 0 Å². The standard InChI is InChI=1S/C13H12BrCl2NS/c1-7-5-11(18-13(7)16)12(17-2)9-6-8(15)3-4-10(9)14/h3-6,12,17H,1-2H3. The number of thiophene rings is 1. The van der Waals surface area contributed by atoms with Gasteiger partial charge in [-0.1, -0.05) is 39.1 Å². The van der Waals surface area contributed by atoms with Crippen molar-refractivity contribution >= 4 is 50.5 Å². The predicted octanol–water partition coefficient (Wildman–Crippen LogP) is 5.43. The lowest BCUT2D eigenvalue weighted by atomic mass is 10.1. The molecule has 0 radical (unpaired) electrons. The van der Waals surface area contributed by atoms with Crippen molar-refractivity contribution < 1.29 is 0 Å². The van der Waals surface area contributed by atoms with Crippen LogP contribution in [0.5, 0.6) is 0 Å². The molecule has 5 heteroatoms. The number of benzene rings is 1. The van der Waals surface area contributed by atoms with Crippen molar-refractivity contribution in [2.45, 2.75) is 13.0 Å². The average Bonchev–Trinajstić information content (AvgIpc) is 2.65. The van der Waals surface area contributed by atoms with Crippen LogP contribution in [0.25, 0.3) is 0 Å². The van der Waals surface area contributed by atoms with Crippen LogP contribution in [0.3, 0.4) is 0 Å². The Morgan fingerprint density at radius 2 is 2.00 bits per heavy atom. The molecule has 1 aromatic heterocycles. The first-order valence-corrected chi connectivity index (χ1v) is 7.77. The number of nitrogens with one attached hydrogen (secondary N) is 1. The van der Waals surface area contributed by atoms with Crippen molar-refractivity contribution in [2.24, 2.45) is 0 Å². The van der Waals surface area contributed by atoms with Gasteiger partial charge in [-0.25, -0.2) is 0 Å². The molecule has 1 aromatic carbocycles. The molecule has 1 N–H and O–H groups in total. The molecule has 0 aliphatic heterocycles. The van der Waals surface area contributed by atoms with Crippen LogP contribution < -0.4 is 5.32 Å². The van der Waals surface area contributed by atoms with E-state index in [-0.39, 0.29) is 6.04 Å². The minimum Gasteiger partial charge on any atom is -0.309 e. The van der Waals surface area contributed by atoms with Crippen LogP contribution in [0.1, 0.15) is 22.0 Å². The fourth-order valence-corrected chi connectivity index (χ4v) is 3.82. The van der Waals surface area contributed by atoms with Crippen molar-refractivity contribution in [3.05, 3.63) is 54.1 Å². The molecule has 1 atom stereocenters. The van der Waals surface area contributed by atoms with Gasteiger partial charge in [0.2, 0.25) is 0 Å². The third-order valence-corrected chi connectivity index (χ3v) is 5.30. The van der Waals surface area contributed by atoms with E-state index in [4.69, 9.17) is 23.2 Å². The third kappa shape index (κ3) is 2.91. The summed E-state index contributed by atoms with van der Waals surface area (Å²) in [7, 11) is 1.93. The number of hydrogen-bond acceptors (Lipinski definition) is 2. The van der Waals surface area contributed by atoms with Crippen LogP contribution in [0.15, 0.2) is 28.7 Å². The summed E-state index contributed by atoms with van der Waals surface area (Å²) in [6.07, 6.45) is 0. The predicted molar refractivity (Wildman–Crippen MR) is 84.1 cm³/mol. The van der Waals surface area contributed by atoms with E-state index >= 15 is 0 Å². The molecule has 0 aliphatic carbocycles. The smallest absolute Gasteiger partial charge is 0.0961 e. The summed E-state index contributed by atoms with van der Waals surface area (Å²) in [6, 6.07) is 8.00. The zero-order valence-electron chi connectivity index (χ0n) is 9.93. The SMILES string of the molecule is CNC(c1cc(C)c(Cl)s1)c1cc(Cl)ccc1Br. The second-order valence-electron chi connectivity index (χ2n) is 3.99. The van der Waals surface area contributed by atoms with E-state index in [2.05, 4.69) is 27.3 Å². The summed E-state index contributed by atoms with van der Waals surface area (Å²) >= 11 is 17.4. The van der Waals surface area contributed by atoms with Crippen molar-refractivity contribution in [3.8, 4) is 0 Å². The summed E-state index contributed by atoms with van der Waals surface area (Å²) in [5, 5.41) is 4.04. The second kappa shape index (κ2) is 5.93. The maximum Gasteiger partial charge on any atom is 0.0961 e. The molecule has 0 spiro atoms. The molecule has 1 unspecified atom stereocenters. The zero-order chi connectivity index (χ0) is 13.3. The highest BCUT2D eigenvalue weighted by molar-refractivity contribution is 9.10. The summed E-state index contributed by atoms with van der Waals surface area (Å²) in [5.74, 6) is 0. The molecule has 0 saturated heterocycles. The number of hydrogen-bond donors (Lipinski definition) is 1. The highest BCUT2D eigenvalue weighted by atomic mass is 79.9. The van der Waals surface area contributed by atoms with E-state index in [0.29, 0.717) is 0 Å². The van der Waals surface area contributed by atoms with Gasteiger partial charge in [-0.3, -0.25) is 0 Å². The molecular weight excluding hydrogens is 353 g/mol. The van der Waals surface area contributed by atoms with Crippen LogP contribution in [-0.4, -0.2) is 7.05 Å². The van der Waals surface area contributed by atoms with Gasteiger partial charge in [0.15, 0.2) is 0 Å². The van der Waals surface area contributed by atoms with Gasteiger partial charge < -0.3 is 5.32 Å². The van der Waals surface area contributed by atoms with Crippen LogP contribution in [0.4, 0.5) is 0 Å². The molecule has 0 fully saturated rings. The molecule has 0 amide bonds. The summed E-state index contributed by atoms with van der Waals surface area (Å²) in [4.78, 5) is 1.18. The van der Waals surface area contributed by atoms with Gasteiger partial charge in [0.05, 0.1) is 10.4 Å². The topological polar surface area (TPSA) is 12.0 Å². The zero-order valence-corrected chi connectivity index (χ0v) is 13.8. The fraction of sp³-hybridized carbons (Fsp3) is 0.231. The Labute approximate surface area is 129 Å². The lowest BCUT2D eigenvalue weighted by molar-refractivity contribution is 0.700. The second-order valence-corrected chi connectivity index (χ2v) is 6.97. The monoisotopic (exact) mass is 363 g/mol. The molecule has 0 bridgehead atoms. The van der Waals surface area contributed by atoms with Crippen LogP contribution in [0, 0.1) is 6.92 Å². The fourth-order valence-electron chi connectivity index (χ4n) is 1.81. The third-order valence-electron chi connectivity index (χ3n) is 2.72. The Morgan fingerprint density at radius 1 is 1.28 bits per heavy atom. The first-order chi connectivity index (χ1) is 8.52. The maximum absolute atomic E-state index is 6.14. The lowest BCUT2D eigenvalue weighted by Crippen LogP contribution is -2.17. The van der Waals surface area contributed by atoms with Gasteiger partial charge in [0, 0.05) is 14.4 Å².